The largest absolute Gasteiger partial charge is 0.491 e. The van der Waals surface area contributed by atoms with Crippen molar-refractivity contribution >= 4 is 0 Å². The molecule has 1 saturated heterocycles. The van der Waals surface area contributed by atoms with Gasteiger partial charge in [0.1, 0.15) is 5.75 Å². The Bertz CT molecular complexity index is 478. The maximum absolute atomic E-state index is 5.78. The molecule has 1 aromatic rings. The smallest absolute Gasteiger partial charge is 0.120 e. The van der Waals surface area contributed by atoms with Gasteiger partial charge in [-0.2, -0.15) is 0 Å². The number of nitrogens with one attached hydrogen (secondary N) is 2. The lowest BCUT2D eigenvalue weighted by Gasteiger charge is -2.46. The van der Waals surface area contributed by atoms with Gasteiger partial charge in [0.05, 0.1) is 6.10 Å². The first kappa shape index (κ1) is 17.3. The van der Waals surface area contributed by atoms with Gasteiger partial charge >= 0.3 is 0 Å². The summed E-state index contributed by atoms with van der Waals surface area (Å²) in [6, 6.07) is 8.95. The van der Waals surface area contributed by atoms with Gasteiger partial charge in [-0.05, 0) is 72.1 Å². The van der Waals surface area contributed by atoms with Crippen LogP contribution in [0.3, 0.4) is 0 Å². The molecular weight excluding hydrogens is 272 g/mol. The van der Waals surface area contributed by atoms with Gasteiger partial charge in [-0.25, -0.2) is 0 Å². The molecule has 1 aromatic carbocycles. The number of rotatable bonds is 5. The summed E-state index contributed by atoms with van der Waals surface area (Å²) in [5, 5.41) is 7.46. The van der Waals surface area contributed by atoms with Crippen LogP contribution in [0.25, 0.3) is 0 Å². The van der Waals surface area contributed by atoms with Crippen molar-refractivity contribution in [2.75, 3.05) is 0 Å². The lowest BCUT2D eigenvalue weighted by molar-refractivity contribution is 0.145. The Balaban J connectivity index is 1.95. The lowest BCUT2D eigenvalue weighted by atomic mass is 9.79. The number of hydrogen-bond donors (Lipinski definition) is 2. The standard InChI is InChI=1S/C19H32N2O/c1-14(2)22-17-9-7-8-15(10-17)13-20-16-11-18(3,4)21-19(5,6)12-16/h7-10,14,16,20-21H,11-13H2,1-6H3. The molecule has 0 radical (unpaired) electrons. The molecule has 3 heteroatoms. The third-order valence-corrected chi connectivity index (χ3v) is 4.06. The topological polar surface area (TPSA) is 33.3 Å². The third-order valence-electron chi connectivity index (χ3n) is 4.06. The highest BCUT2D eigenvalue weighted by Crippen LogP contribution is 2.28. The van der Waals surface area contributed by atoms with Crippen LogP contribution in [0.4, 0.5) is 0 Å². The van der Waals surface area contributed by atoms with Crippen LogP contribution in [0.15, 0.2) is 24.3 Å². The first-order valence-electron chi connectivity index (χ1n) is 8.44. The molecule has 0 atom stereocenters. The maximum Gasteiger partial charge on any atom is 0.120 e. The molecule has 22 heavy (non-hydrogen) atoms. The fraction of sp³-hybridized carbons (Fsp3) is 0.684. The minimum Gasteiger partial charge on any atom is -0.491 e. The number of benzene rings is 1. The Hall–Kier alpha value is -1.06. The molecule has 124 valence electrons. The summed E-state index contributed by atoms with van der Waals surface area (Å²) in [5.41, 5.74) is 1.65. The summed E-state index contributed by atoms with van der Waals surface area (Å²) in [6.07, 6.45) is 2.52. The number of hydrogen-bond acceptors (Lipinski definition) is 3. The van der Waals surface area contributed by atoms with Crippen LogP contribution >= 0.6 is 0 Å². The summed E-state index contributed by atoms with van der Waals surface area (Å²) in [4.78, 5) is 0. The summed E-state index contributed by atoms with van der Waals surface area (Å²) >= 11 is 0. The van der Waals surface area contributed by atoms with Crippen molar-refractivity contribution in [3.8, 4) is 5.75 Å². The predicted molar refractivity (Wildman–Crippen MR) is 93.4 cm³/mol. The van der Waals surface area contributed by atoms with Crippen LogP contribution in [0.5, 0.6) is 5.75 Å². The van der Waals surface area contributed by atoms with Crippen LogP contribution in [-0.4, -0.2) is 23.2 Å². The van der Waals surface area contributed by atoms with Crippen molar-refractivity contribution in [2.45, 2.75) is 84.2 Å². The Morgan fingerprint density at radius 3 is 2.41 bits per heavy atom. The molecule has 2 rings (SSSR count). The summed E-state index contributed by atoms with van der Waals surface area (Å²) in [5.74, 6) is 0.959. The van der Waals surface area contributed by atoms with E-state index >= 15 is 0 Å². The highest BCUT2D eigenvalue weighted by Gasteiger charge is 2.37. The molecule has 1 fully saturated rings. The van der Waals surface area contributed by atoms with Gasteiger partial charge in [-0.1, -0.05) is 12.1 Å². The lowest BCUT2D eigenvalue weighted by Crippen LogP contribution is -2.61. The minimum atomic E-state index is 0.183. The molecule has 0 amide bonds. The van der Waals surface area contributed by atoms with Gasteiger partial charge in [-0.15, -0.1) is 0 Å². The Kier molecular flexibility index (Phi) is 5.18. The van der Waals surface area contributed by atoms with Crippen LogP contribution in [0.2, 0.25) is 0 Å². The molecule has 3 nitrogen and oxygen atoms in total. The van der Waals surface area contributed by atoms with Crippen LogP contribution in [0.1, 0.15) is 59.9 Å². The van der Waals surface area contributed by atoms with E-state index in [0.29, 0.717) is 6.04 Å². The van der Waals surface area contributed by atoms with E-state index in [1.807, 2.05) is 6.07 Å². The molecule has 1 heterocycles. The van der Waals surface area contributed by atoms with Crippen LogP contribution in [-0.2, 0) is 6.54 Å². The highest BCUT2D eigenvalue weighted by molar-refractivity contribution is 5.28. The molecule has 0 aliphatic carbocycles. The first-order valence-corrected chi connectivity index (χ1v) is 8.44. The Labute approximate surface area is 135 Å². The summed E-state index contributed by atoms with van der Waals surface area (Å²) < 4.78 is 5.78. The van der Waals surface area contributed by atoms with Gasteiger partial charge < -0.3 is 15.4 Å². The fourth-order valence-corrected chi connectivity index (χ4v) is 3.73. The van der Waals surface area contributed by atoms with Gasteiger partial charge in [0, 0.05) is 23.7 Å². The van der Waals surface area contributed by atoms with Crippen LogP contribution < -0.4 is 15.4 Å². The van der Waals surface area contributed by atoms with Crippen molar-refractivity contribution in [3.63, 3.8) is 0 Å². The van der Waals surface area contributed by atoms with E-state index in [4.69, 9.17) is 4.74 Å². The van der Waals surface area contributed by atoms with E-state index < -0.39 is 0 Å². The molecule has 1 aliphatic heterocycles. The number of ether oxygens (including phenoxy) is 1. The first-order chi connectivity index (χ1) is 10.2. The SMILES string of the molecule is CC(C)Oc1cccc(CNC2CC(C)(C)NC(C)(C)C2)c1. The average Bonchev–Trinajstić information content (AvgIpc) is 2.32. The van der Waals surface area contributed by atoms with Gasteiger partial charge in [-0.3, -0.25) is 0 Å². The quantitative estimate of drug-likeness (QED) is 0.866. The van der Waals surface area contributed by atoms with E-state index in [1.165, 1.54) is 5.56 Å². The van der Waals surface area contributed by atoms with Crippen molar-refractivity contribution in [2.24, 2.45) is 0 Å². The predicted octanol–water partition coefficient (Wildman–Crippen LogP) is 3.87. The summed E-state index contributed by atoms with van der Waals surface area (Å²) in [6.45, 7) is 14.2. The molecule has 0 bridgehead atoms. The zero-order valence-corrected chi connectivity index (χ0v) is 15.0. The molecule has 0 saturated carbocycles. The zero-order valence-electron chi connectivity index (χ0n) is 15.0. The van der Waals surface area contributed by atoms with Crippen molar-refractivity contribution in [3.05, 3.63) is 29.8 Å². The third kappa shape index (κ3) is 5.29. The van der Waals surface area contributed by atoms with E-state index in [9.17, 15) is 0 Å². The summed E-state index contributed by atoms with van der Waals surface area (Å²) in [7, 11) is 0. The van der Waals surface area contributed by atoms with E-state index in [2.05, 4.69) is 70.4 Å². The van der Waals surface area contributed by atoms with E-state index in [-0.39, 0.29) is 17.2 Å². The molecular formula is C19H32N2O. The van der Waals surface area contributed by atoms with Gasteiger partial charge in [0.25, 0.3) is 0 Å². The van der Waals surface area contributed by atoms with Crippen molar-refractivity contribution in [1.82, 2.24) is 10.6 Å². The average molecular weight is 304 g/mol. The Morgan fingerprint density at radius 1 is 1.18 bits per heavy atom. The van der Waals surface area contributed by atoms with Crippen LogP contribution in [0, 0.1) is 0 Å². The molecule has 0 unspecified atom stereocenters. The Morgan fingerprint density at radius 2 is 1.82 bits per heavy atom. The highest BCUT2D eigenvalue weighted by atomic mass is 16.5. The van der Waals surface area contributed by atoms with Gasteiger partial charge in [0.15, 0.2) is 0 Å². The second-order valence-electron chi connectivity index (χ2n) is 8.19. The van der Waals surface area contributed by atoms with Crippen molar-refractivity contribution < 1.29 is 4.74 Å². The molecule has 0 aromatic heterocycles. The van der Waals surface area contributed by atoms with E-state index in [0.717, 1.165) is 25.1 Å². The minimum absolute atomic E-state index is 0.183. The molecule has 0 spiro atoms. The number of piperidine rings is 1. The van der Waals surface area contributed by atoms with Crippen molar-refractivity contribution in [1.29, 1.82) is 0 Å². The monoisotopic (exact) mass is 304 g/mol. The van der Waals surface area contributed by atoms with E-state index in [1.54, 1.807) is 0 Å². The van der Waals surface area contributed by atoms with Gasteiger partial charge in [0.2, 0.25) is 0 Å². The second kappa shape index (κ2) is 6.59. The normalized spacial score (nSPS) is 21.0. The molecule has 1 aliphatic rings. The maximum atomic E-state index is 5.78. The second-order valence-corrected chi connectivity index (χ2v) is 8.19. The zero-order chi connectivity index (χ0) is 16.4. The molecule has 2 N–H and O–H groups in total. The fourth-order valence-electron chi connectivity index (χ4n) is 3.73.